The Labute approximate surface area is 188 Å². The van der Waals surface area contributed by atoms with Crippen molar-refractivity contribution < 1.29 is 24.5 Å². The van der Waals surface area contributed by atoms with E-state index in [9.17, 15) is 15.0 Å². The van der Waals surface area contributed by atoms with Crippen LogP contribution in [-0.4, -0.2) is 64.4 Å². The standard InChI is InChI=1S/C23H32N4O5/c1-5-7-24-21-17-13-27(8-6-18(17)25-23(26-21)32-10-9-31-4)22(30)16-11-15(14(2)3)19(28)12-20(16)29/h11-12,14,28-29H,5-10,13H2,1-4H3,(H,24,25,26). The smallest absolute Gasteiger partial charge is 0.318 e. The van der Waals surface area contributed by atoms with Gasteiger partial charge in [-0.2, -0.15) is 9.97 Å². The van der Waals surface area contributed by atoms with Crippen LogP contribution in [0.3, 0.4) is 0 Å². The third-order valence-corrected chi connectivity index (χ3v) is 5.39. The van der Waals surface area contributed by atoms with E-state index in [0.29, 0.717) is 44.1 Å². The normalized spacial score (nSPS) is 13.2. The van der Waals surface area contributed by atoms with Crippen molar-refractivity contribution in [1.82, 2.24) is 14.9 Å². The summed E-state index contributed by atoms with van der Waals surface area (Å²) < 4.78 is 10.6. The van der Waals surface area contributed by atoms with Crippen molar-refractivity contribution >= 4 is 11.7 Å². The number of aromatic hydroxyl groups is 2. The van der Waals surface area contributed by atoms with E-state index in [-0.39, 0.29) is 34.9 Å². The average Bonchev–Trinajstić information content (AvgIpc) is 2.76. The molecule has 3 rings (SSSR count). The van der Waals surface area contributed by atoms with Crippen molar-refractivity contribution in [3.63, 3.8) is 0 Å². The molecule has 9 heteroatoms. The number of fused-ring (bicyclic) bond motifs is 1. The molecule has 32 heavy (non-hydrogen) atoms. The van der Waals surface area contributed by atoms with Crippen LogP contribution >= 0.6 is 0 Å². The zero-order valence-corrected chi connectivity index (χ0v) is 19.1. The summed E-state index contributed by atoms with van der Waals surface area (Å²) in [6, 6.07) is 3.10. The predicted molar refractivity (Wildman–Crippen MR) is 120 cm³/mol. The summed E-state index contributed by atoms with van der Waals surface area (Å²) in [5.41, 5.74) is 2.49. The highest BCUT2D eigenvalue weighted by molar-refractivity contribution is 5.97. The molecular formula is C23H32N4O5. The molecule has 2 heterocycles. The highest BCUT2D eigenvalue weighted by atomic mass is 16.5. The molecule has 0 spiro atoms. The number of hydrogen-bond acceptors (Lipinski definition) is 8. The van der Waals surface area contributed by atoms with Gasteiger partial charge in [0.15, 0.2) is 0 Å². The van der Waals surface area contributed by atoms with E-state index >= 15 is 0 Å². The number of anilines is 1. The second kappa shape index (κ2) is 10.5. The van der Waals surface area contributed by atoms with Gasteiger partial charge in [-0.3, -0.25) is 4.79 Å². The SMILES string of the molecule is CCCNc1nc(OCCOC)nc2c1CN(C(=O)c1cc(C(C)C)c(O)cc1O)CC2. The lowest BCUT2D eigenvalue weighted by Gasteiger charge is -2.30. The van der Waals surface area contributed by atoms with E-state index in [1.165, 1.54) is 6.07 Å². The maximum Gasteiger partial charge on any atom is 0.318 e. The summed E-state index contributed by atoms with van der Waals surface area (Å²) in [6.07, 6.45) is 1.46. The minimum atomic E-state index is -0.295. The molecule has 1 amide bonds. The minimum Gasteiger partial charge on any atom is -0.508 e. The highest BCUT2D eigenvalue weighted by Crippen LogP contribution is 2.34. The van der Waals surface area contributed by atoms with Crippen LogP contribution in [0.2, 0.25) is 0 Å². The molecule has 0 atom stereocenters. The maximum absolute atomic E-state index is 13.3. The summed E-state index contributed by atoms with van der Waals surface area (Å²) in [4.78, 5) is 24.0. The average molecular weight is 445 g/mol. The Kier molecular flexibility index (Phi) is 7.74. The Hall–Kier alpha value is -3.07. The number of nitrogens with one attached hydrogen (secondary N) is 1. The molecule has 1 aromatic carbocycles. The van der Waals surface area contributed by atoms with Crippen LogP contribution in [0.4, 0.5) is 5.82 Å². The number of nitrogens with zero attached hydrogens (tertiary/aromatic N) is 3. The number of rotatable bonds is 9. The Morgan fingerprint density at radius 1 is 1.22 bits per heavy atom. The summed E-state index contributed by atoms with van der Waals surface area (Å²) in [7, 11) is 1.60. The first-order valence-electron chi connectivity index (χ1n) is 11.0. The minimum absolute atomic E-state index is 0.0130. The van der Waals surface area contributed by atoms with E-state index in [1.807, 2.05) is 13.8 Å². The fourth-order valence-electron chi connectivity index (χ4n) is 3.63. The molecule has 0 saturated carbocycles. The van der Waals surface area contributed by atoms with Crippen LogP contribution in [0.1, 0.15) is 60.3 Å². The molecule has 174 valence electrons. The van der Waals surface area contributed by atoms with Gasteiger partial charge in [0.2, 0.25) is 0 Å². The number of amides is 1. The topological polar surface area (TPSA) is 117 Å². The largest absolute Gasteiger partial charge is 0.508 e. The molecule has 9 nitrogen and oxygen atoms in total. The monoisotopic (exact) mass is 444 g/mol. The third-order valence-electron chi connectivity index (χ3n) is 5.39. The quantitative estimate of drug-likeness (QED) is 0.505. The number of benzene rings is 1. The van der Waals surface area contributed by atoms with Crippen molar-refractivity contribution in [3.05, 3.63) is 34.5 Å². The number of phenols is 2. The molecular weight excluding hydrogens is 412 g/mol. The van der Waals surface area contributed by atoms with Gasteiger partial charge >= 0.3 is 6.01 Å². The molecule has 0 fully saturated rings. The molecule has 1 aliphatic heterocycles. The summed E-state index contributed by atoms with van der Waals surface area (Å²) in [5, 5.41) is 23.7. The lowest BCUT2D eigenvalue weighted by molar-refractivity contribution is 0.0730. The first kappa shape index (κ1) is 23.6. The molecule has 0 bridgehead atoms. The van der Waals surface area contributed by atoms with Crippen LogP contribution in [0.15, 0.2) is 12.1 Å². The number of ether oxygens (including phenoxy) is 2. The summed E-state index contributed by atoms with van der Waals surface area (Å²) in [5.74, 6) is 0.124. The van der Waals surface area contributed by atoms with Crippen molar-refractivity contribution in [2.45, 2.75) is 46.1 Å². The number of hydrogen-bond donors (Lipinski definition) is 3. The fraction of sp³-hybridized carbons (Fsp3) is 0.522. The zero-order valence-electron chi connectivity index (χ0n) is 19.1. The summed E-state index contributed by atoms with van der Waals surface area (Å²) >= 11 is 0. The Balaban J connectivity index is 1.88. The van der Waals surface area contributed by atoms with Crippen molar-refractivity contribution in [2.24, 2.45) is 0 Å². The van der Waals surface area contributed by atoms with E-state index in [0.717, 1.165) is 24.2 Å². The lowest BCUT2D eigenvalue weighted by atomic mass is 9.97. The number of methoxy groups -OCH3 is 1. The molecule has 1 aromatic heterocycles. The Morgan fingerprint density at radius 2 is 2.00 bits per heavy atom. The van der Waals surface area contributed by atoms with Crippen LogP contribution < -0.4 is 10.1 Å². The van der Waals surface area contributed by atoms with E-state index in [4.69, 9.17) is 9.47 Å². The van der Waals surface area contributed by atoms with Gasteiger partial charge in [-0.25, -0.2) is 0 Å². The highest BCUT2D eigenvalue weighted by Gasteiger charge is 2.28. The van der Waals surface area contributed by atoms with E-state index in [1.54, 1.807) is 18.1 Å². The first-order valence-corrected chi connectivity index (χ1v) is 11.0. The van der Waals surface area contributed by atoms with E-state index in [2.05, 4.69) is 22.2 Å². The molecule has 0 aliphatic carbocycles. The third kappa shape index (κ3) is 5.21. The van der Waals surface area contributed by atoms with Crippen LogP contribution in [0, 0.1) is 0 Å². The number of phenolic OH excluding ortho intramolecular Hbond substituents is 2. The summed E-state index contributed by atoms with van der Waals surface area (Å²) in [6.45, 7) is 8.19. The van der Waals surface area contributed by atoms with Gasteiger partial charge in [0, 0.05) is 38.2 Å². The van der Waals surface area contributed by atoms with Gasteiger partial charge in [-0.05, 0) is 24.0 Å². The fourth-order valence-corrected chi connectivity index (χ4v) is 3.63. The van der Waals surface area contributed by atoms with E-state index < -0.39 is 0 Å². The second-order valence-corrected chi connectivity index (χ2v) is 8.11. The lowest BCUT2D eigenvalue weighted by Crippen LogP contribution is -2.37. The number of carbonyl (C=O) groups excluding carboxylic acids is 1. The van der Waals surface area contributed by atoms with Gasteiger partial charge in [-0.15, -0.1) is 0 Å². The van der Waals surface area contributed by atoms with Crippen molar-refractivity contribution in [1.29, 1.82) is 0 Å². The molecule has 0 radical (unpaired) electrons. The molecule has 3 N–H and O–H groups in total. The second-order valence-electron chi connectivity index (χ2n) is 8.11. The molecule has 0 unspecified atom stereocenters. The molecule has 2 aromatic rings. The maximum atomic E-state index is 13.3. The van der Waals surface area contributed by atoms with Gasteiger partial charge in [0.05, 0.1) is 24.4 Å². The predicted octanol–water partition coefficient (Wildman–Crippen LogP) is 3.06. The van der Waals surface area contributed by atoms with Gasteiger partial charge in [0.1, 0.15) is 23.9 Å². The van der Waals surface area contributed by atoms with Gasteiger partial charge in [-0.1, -0.05) is 20.8 Å². The van der Waals surface area contributed by atoms with Gasteiger partial charge < -0.3 is 29.9 Å². The Bertz CT molecular complexity index is 964. The van der Waals surface area contributed by atoms with Gasteiger partial charge in [0.25, 0.3) is 5.91 Å². The van der Waals surface area contributed by atoms with Crippen molar-refractivity contribution in [2.75, 3.05) is 38.7 Å². The number of carbonyl (C=O) groups is 1. The molecule has 0 saturated heterocycles. The van der Waals surface area contributed by atoms with Crippen molar-refractivity contribution in [3.8, 4) is 17.5 Å². The van der Waals surface area contributed by atoms with Crippen LogP contribution in [0.5, 0.6) is 17.5 Å². The van der Waals surface area contributed by atoms with Crippen LogP contribution in [-0.2, 0) is 17.7 Å². The zero-order chi connectivity index (χ0) is 23.3. The van der Waals surface area contributed by atoms with Crippen LogP contribution in [0.25, 0.3) is 0 Å². The first-order chi connectivity index (χ1) is 15.3. The Morgan fingerprint density at radius 3 is 2.69 bits per heavy atom. The molecule has 1 aliphatic rings. The number of aromatic nitrogens is 2.